The number of alkyl halides is 3. The molecule has 9 nitrogen and oxygen atoms in total. The predicted octanol–water partition coefficient (Wildman–Crippen LogP) is 4.00. The molecule has 0 spiro atoms. The van der Waals surface area contributed by atoms with Gasteiger partial charge in [0.2, 0.25) is 5.91 Å². The molecule has 0 aromatic carbocycles. The van der Waals surface area contributed by atoms with Crippen LogP contribution in [0.15, 0.2) is 18.7 Å². The minimum absolute atomic E-state index is 0.0294. The number of rotatable bonds is 6. The Hall–Kier alpha value is -3.41. The summed E-state index contributed by atoms with van der Waals surface area (Å²) in [5.41, 5.74) is 6.86. The van der Waals surface area contributed by atoms with Gasteiger partial charge < -0.3 is 25.2 Å². The lowest BCUT2D eigenvalue weighted by Gasteiger charge is -2.42. The first kappa shape index (κ1) is 30.1. The molecular formula is C30H40F3N7O2. The first-order chi connectivity index (χ1) is 19.9. The maximum atomic E-state index is 14.3. The van der Waals surface area contributed by atoms with Gasteiger partial charge in [0.05, 0.1) is 17.0 Å². The Kier molecular flexibility index (Phi) is 8.37. The van der Waals surface area contributed by atoms with E-state index < -0.39 is 17.7 Å². The average Bonchev–Trinajstić information content (AvgIpc) is 3.34. The van der Waals surface area contributed by atoms with Crippen molar-refractivity contribution in [3.63, 3.8) is 0 Å². The van der Waals surface area contributed by atoms with Gasteiger partial charge in [-0.15, -0.1) is 0 Å². The number of likely N-dealkylation sites (tertiary alicyclic amines) is 1. The third kappa shape index (κ3) is 5.91. The summed E-state index contributed by atoms with van der Waals surface area (Å²) in [6.07, 6.45) is -0.383. The summed E-state index contributed by atoms with van der Waals surface area (Å²) in [7, 11) is 2.07. The van der Waals surface area contributed by atoms with Gasteiger partial charge in [-0.3, -0.25) is 4.79 Å². The lowest BCUT2D eigenvalue weighted by Crippen LogP contribution is -2.54. The minimum atomic E-state index is -4.56. The largest absolute Gasteiger partial charge is 0.462 e. The molecule has 2 aromatic heterocycles. The summed E-state index contributed by atoms with van der Waals surface area (Å²) in [5, 5.41) is 0. The average molecular weight is 588 g/mol. The SMILES string of the molecule is C=CC(=O)N1CCN(c2nc(OCC3CCCN3C)nc3c2C[C@@H](C)[C@H](c2nc(N)cc(C)c2C(F)(F)F)C3)C(C)C1. The molecule has 0 radical (unpaired) electrons. The standard InChI is InChI=1S/C30H40F3N7O2/c1-6-25(41)39-10-11-40(19(4)15-39)28-22-12-17(2)21(27-26(30(31,32)33)18(3)13-24(34)36-27)14-23(22)35-29(37-28)42-16-20-8-7-9-38(20)5/h6,13,17,19-21H,1,7-12,14-16H2,2-5H3,(H2,34,36)/t17-,19?,20?,21-/m1/s1. The Labute approximate surface area is 244 Å². The lowest BCUT2D eigenvalue weighted by molar-refractivity contribution is -0.139. The van der Waals surface area contributed by atoms with Gasteiger partial charge in [-0.05, 0) is 76.7 Å². The molecule has 4 atom stereocenters. The van der Waals surface area contributed by atoms with Crippen LogP contribution in [0.4, 0.5) is 24.8 Å². The number of fused-ring (bicyclic) bond motifs is 1. The van der Waals surface area contributed by atoms with Crippen LogP contribution in [-0.4, -0.2) is 82.6 Å². The van der Waals surface area contributed by atoms with E-state index in [4.69, 9.17) is 20.4 Å². The summed E-state index contributed by atoms with van der Waals surface area (Å²) in [6, 6.07) is 1.71. The van der Waals surface area contributed by atoms with Crippen LogP contribution >= 0.6 is 0 Å². The number of hydrogen-bond donors (Lipinski definition) is 1. The molecule has 42 heavy (non-hydrogen) atoms. The van der Waals surface area contributed by atoms with E-state index in [0.717, 1.165) is 30.8 Å². The van der Waals surface area contributed by atoms with Gasteiger partial charge in [0.25, 0.3) is 0 Å². The van der Waals surface area contributed by atoms with Gasteiger partial charge >= 0.3 is 12.2 Å². The number of anilines is 2. The molecule has 2 aromatic rings. The molecule has 2 N–H and O–H groups in total. The first-order valence-electron chi connectivity index (χ1n) is 14.6. The van der Waals surface area contributed by atoms with Crippen molar-refractivity contribution in [3.8, 4) is 6.01 Å². The number of amides is 1. The second-order valence-corrected chi connectivity index (χ2v) is 12.0. The molecule has 4 heterocycles. The van der Waals surface area contributed by atoms with Crippen LogP contribution < -0.4 is 15.4 Å². The molecule has 3 aliphatic rings. The Morgan fingerprint density at radius 2 is 1.95 bits per heavy atom. The van der Waals surface area contributed by atoms with Gasteiger partial charge in [-0.1, -0.05) is 13.5 Å². The van der Waals surface area contributed by atoms with Gasteiger partial charge in [0, 0.05) is 43.2 Å². The number of aromatic nitrogens is 3. The quantitative estimate of drug-likeness (QED) is 0.507. The van der Waals surface area contributed by atoms with Gasteiger partial charge in [-0.2, -0.15) is 23.1 Å². The van der Waals surface area contributed by atoms with E-state index in [-0.39, 0.29) is 53.4 Å². The second kappa shape index (κ2) is 11.7. The molecule has 228 valence electrons. The van der Waals surface area contributed by atoms with E-state index in [1.807, 2.05) is 13.8 Å². The molecule has 2 saturated heterocycles. The van der Waals surface area contributed by atoms with E-state index >= 15 is 0 Å². The van der Waals surface area contributed by atoms with E-state index in [0.29, 0.717) is 38.4 Å². The predicted molar refractivity (Wildman–Crippen MR) is 154 cm³/mol. The molecule has 1 amide bonds. The monoisotopic (exact) mass is 587 g/mol. The van der Waals surface area contributed by atoms with Crippen LogP contribution in [0, 0.1) is 12.8 Å². The highest BCUT2D eigenvalue weighted by Gasteiger charge is 2.42. The number of carbonyl (C=O) groups excluding carboxylic acids is 1. The number of carbonyl (C=O) groups is 1. The van der Waals surface area contributed by atoms with E-state index in [2.05, 4.69) is 28.4 Å². The number of hydrogen-bond acceptors (Lipinski definition) is 8. The summed E-state index contributed by atoms with van der Waals surface area (Å²) in [6.45, 7) is 12.0. The highest BCUT2D eigenvalue weighted by Crippen LogP contribution is 2.45. The zero-order chi connectivity index (χ0) is 30.3. The number of piperazine rings is 1. The molecule has 0 saturated carbocycles. The van der Waals surface area contributed by atoms with Gasteiger partial charge in [0.15, 0.2) is 0 Å². The molecule has 5 rings (SSSR count). The number of nitrogens with two attached hydrogens (primary N) is 1. The second-order valence-electron chi connectivity index (χ2n) is 12.0. The van der Waals surface area contributed by atoms with Crippen molar-refractivity contribution in [2.75, 3.05) is 50.5 Å². The Bertz CT molecular complexity index is 1350. The third-order valence-corrected chi connectivity index (χ3v) is 9.04. The fourth-order valence-corrected chi connectivity index (χ4v) is 6.74. The number of nitrogens with zero attached hydrogens (tertiary/aromatic N) is 6. The smallest absolute Gasteiger partial charge is 0.418 e. The highest BCUT2D eigenvalue weighted by molar-refractivity contribution is 5.87. The van der Waals surface area contributed by atoms with E-state index in [9.17, 15) is 18.0 Å². The number of ether oxygens (including phenoxy) is 1. The molecule has 2 unspecified atom stereocenters. The number of halogens is 3. The van der Waals surface area contributed by atoms with Crippen LogP contribution in [0.1, 0.15) is 60.7 Å². The molecule has 0 bridgehead atoms. The van der Waals surface area contributed by atoms with E-state index in [1.54, 1.807) is 4.90 Å². The zero-order valence-corrected chi connectivity index (χ0v) is 24.7. The van der Waals surface area contributed by atoms with Crippen LogP contribution in [0.3, 0.4) is 0 Å². The summed E-state index contributed by atoms with van der Waals surface area (Å²) < 4.78 is 48.9. The number of aryl methyl sites for hydroxylation is 1. The molecule has 12 heteroatoms. The molecule has 1 aliphatic carbocycles. The summed E-state index contributed by atoms with van der Waals surface area (Å²) in [4.78, 5) is 32.4. The van der Waals surface area contributed by atoms with Crippen molar-refractivity contribution in [1.82, 2.24) is 24.8 Å². The summed E-state index contributed by atoms with van der Waals surface area (Å²) >= 11 is 0. The molecule has 2 aliphatic heterocycles. The van der Waals surface area contributed by atoms with Crippen LogP contribution in [0.2, 0.25) is 0 Å². The number of likely N-dealkylation sites (N-methyl/N-ethyl adjacent to an activating group) is 1. The zero-order valence-electron chi connectivity index (χ0n) is 24.7. The van der Waals surface area contributed by atoms with Gasteiger partial charge in [-0.25, -0.2) is 4.98 Å². The van der Waals surface area contributed by atoms with Crippen LogP contribution in [0.5, 0.6) is 6.01 Å². The van der Waals surface area contributed by atoms with E-state index in [1.165, 1.54) is 19.1 Å². The van der Waals surface area contributed by atoms with Crippen molar-refractivity contribution < 1.29 is 22.7 Å². The van der Waals surface area contributed by atoms with Crippen molar-refractivity contribution >= 4 is 17.5 Å². The molecular weight excluding hydrogens is 547 g/mol. The Morgan fingerprint density at radius 1 is 1.19 bits per heavy atom. The molecule has 2 fully saturated rings. The van der Waals surface area contributed by atoms with Crippen LogP contribution in [0.25, 0.3) is 0 Å². The van der Waals surface area contributed by atoms with Crippen molar-refractivity contribution in [2.24, 2.45) is 5.92 Å². The van der Waals surface area contributed by atoms with Crippen molar-refractivity contribution in [2.45, 2.75) is 70.6 Å². The Morgan fingerprint density at radius 3 is 2.60 bits per heavy atom. The first-order valence-corrected chi connectivity index (χ1v) is 14.6. The third-order valence-electron chi connectivity index (χ3n) is 9.04. The maximum Gasteiger partial charge on any atom is 0.418 e. The topological polar surface area (TPSA) is 101 Å². The maximum absolute atomic E-state index is 14.3. The summed E-state index contributed by atoms with van der Waals surface area (Å²) in [5.74, 6) is -0.0222. The fourth-order valence-electron chi connectivity index (χ4n) is 6.74. The van der Waals surface area contributed by atoms with Crippen molar-refractivity contribution in [1.29, 1.82) is 0 Å². The van der Waals surface area contributed by atoms with Crippen LogP contribution in [-0.2, 0) is 23.8 Å². The van der Waals surface area contributed by atoms with Crippen molar-refractivity contribution in [3.05, 3.63) is 46.8 Å². The highest BCUT2D eigenvalue weighted by atomic mass is 19.4. The Balaban J connectivity index is 1.53. The van der Waals surface area contributed by atoms with Gasteiger partial charge in [0.1, 0.15) is 18.2 Å². The fraction of sp³-hybridized carbons (Fsp3) is 0.600. The number of nitrogen functional groups attached to an aromatic ring is 1. The number of pyridine rings is 1. The normalized spacial score (nSPS) is 24.9. The minimum Gasteiger partial charge on any atom is -0.462 e. The lowest BCUT2D eigenvalue weighted by atomic mass is 9.75.